The van der Waals surface area contributed by atoms with Crippen molar-refractivity contribution < 1.29 is 32.3 Å². The monoisotopic (exact) mass is 485 g/mol. The highest BCUT2D eigenvalue weighted by Crippen LogP contribution is 2.44. The van der Waals surface area contributed by atoms with Gasteiger partial charge in [-0.3, -0.25) is 14.9 Å². The third kappa shape index (κ3) is 3.76. The van der Waals surface area contributed by atoms with Gasteiger partial charge in [0.2, 0.25) is 5.54 Å². The Kier molecular flexibility index (Phi) is 5.30. The first-order chi connectivity index (χ1) is 15.0. The fourth-order valence-corrected chi connectivity index (χ4v) is 3.87. The van der Waals surface area contributed by atoms with E-state index in [0.29, 0.717) is 15.6 Å². The molecule has 7 nitrogen and oxygen atoms in total. The number of carbonyl (C=O) groups is 3. The van der Waals surface area contributed by atoms with Crippen LogP contribution in [-0.2, 0) is 15.1 Å². The summed E-state index contributed by atoms with van der Waals surface area (Å²) < 4.78 is 41.9. The van der Waals surface area contributed by atoms with E-state index in [2.05, 4.69) is 10.1 Å². The Balaban J connectivity index is 1.70. The molecule has 2 aromatic rings. The minimum atomic E-state index is -4.98. The first kappa shape index (κ1) is 22.0. The molecule has 2 aliphatic heterocycles. The molecule has 12 heteroatoms. The van der Waals surface area contributed by atoms with Crippen molar-refractivity contribution in [3.05, 3.63) is 63.6 Å². The number of alkyl halides is 3. The molecule has 2 N–H and O–H groups in total. The van der Waals surface area contributed by atoms with Gasteiger partial charge < -0.3 is 15.0 Å². The highest BCUT2D eigenvalue weighted by Gasteiger charge is 2.61. The van der Waals surface area contributed by atoms with Gasteiger partial charge in [-0.05, 0) is 35.9 Å². The van der Waals surface area contributed by atoms with E-state index < -0.39 is 35.5 Å². The first-order valence-corrected chi connectivity index (χ1v) is 9.74. The Morgan fingerprint density at radius 2 is 1.81 bits per heavy atom. The van der Waals surface area contributed by atoms with Gasteiger partial charge in [0.05, 0.1) is 15.7 Å². The van der Waals surface area contributed by atoms with Crippen molar-refractivity contribution in [3.8, 4) is 5.75 Å². The summed E-state index contributed by atoms with van der Waals surface area (Å²) in [4.78, 5) is 38.7. The van der Waals surface area contributed by atoms with Gasteiger partial charge in [-0.25, -0.2) is 4.79 Å². The molecule has 1 unspecified atom stereocenters. The Bertz CT molecular complexity index is 1190. The summed E-state index contributed by atoms with van der Waals surface area (Å²) in [5.41, 5.74) is -1.48. The molecule has 1 fully saturated rings. The van der Waals surface area contributed by atoms with Crippen molar-refractivity contribution in [1.29, 1.82) is 0 Å². The number of anilines is 1. The van der Waals surface area contributed by atoms with Crippen molar-refractivity contribution in [2.75, 3.05) is 11.4 Å². The average molecular weight is 486 g/mol. The molecule has 0 aromatic heterocycles. The number of hydrogen-bond acceptors (Lipinski definition) is 4. The fraction of sp³-hybridized carbons (Fsp3) is 0.150. The number of carbonyl (C=O) groups excluding carboxylic acids is 3. The second-order valence-electron chi connectivity index (χ2n) is 6.88. The van der Waals surface area contributed by atoms with E-state index in [4.69, 9.17) is 23.2 Å². The van der Waals surface area contributed by atoms with Crippen LogP contribution < -0.4 is 20.3 Å². The molecule has 4 rings (SSSR count). The molecule has 1 spiro atoms. The zero-order chi connectivity index (χ0) is 23.3. The van der Waals surface area contributed by atoms with Crippen LogP contribution in [0.15, 0.2) is 42.5 Å². The lowest BCUT2D eigenvalue weighted by molar-refractivity contribution is -0.274. The molecule has 0 saturated carbocycles. The molecule has 1 saturated heterocycles. The SMILES string of the molecule is O=C1NC(=O)C2(N1)C(=O)N(C/C=C/c1ccc(Cl)c(Cl)c1)c1ccc(OC(F)(F)F)cc12. The summed E-state index contributed by atoms with van der Waals surface area (Å²) in [5, 5.41) is 4.90. The first-order valence-electron chi connectivity index (χ1n) is 8.99. The molecule has 2 heterocycles. The second kappa shape index (κ2) is 7.72. The molecule has 0 bridgehead atoms. The predicted octanol–water partition coefficient (Wildman–Crippen LogP) is 3.99. The van der Waals surface area contributed by atoms with Crippen molar-refractivity contribution in [1.82, 2.24) is 10.6 Å². The molecule has 0 aliphatic carbocycles. The number of hydrogen-bond donors (Lipinski definition) is 2. The summed E-state index contributed by atoms with van der Waals surface area (Å²) in [6, 6.07) is 7.09. The van der Waals surface area contributed by atoms with Crippen LogP contribution in [0.4, 0.5) is 23.7 Å². The van der Waals surface area contributed by atoms with E-state index in [0.717, 1.165) is 12.1 Å². The lowest BCUT2D eigenvalue weighted by atomic mass is 9.91. The second-order valence-corrected chi connectivity index (χ2v) is 7.69. The molecule has 2 aromatic carbocycles. The van der Waals surface area contributed by atoms with Crippen LogP contribution >= 0.6 is 23.2 Å². The molecule has 2 aliphatic rings. The molecular weight excluding hydrogens is 474 g/mol. The van der Waals surface area contributed by atoms with Crippen LogP contribution in [0.25, 0.3) is 6.08 Å². The highest BCUT2D eigenvalue weighted by molar-refractivity contribution is 6.42. The number of rotatable bonds is 4. The van der Waals surface area contributed by atoms with E-state index in [9.17, 15) is 27.6 Å². The quantitative estimate of drug-likeness (QED) is 0.506. The van der Waals surface area contributed by atoms with Gasteiger partial charge >= 0.3 is 12.4 Å². The lowest BCUT2D eigenvalue weighted by Gasteiger charge is -2.20. The van der Waals surface area contributed by atoms with E-state index in [1.165, 1.54) is 11.0 Å². The summed E-state index contributed by atoms with van der Waals surface area (Å²) in [6.45, 7) is -0.0452. The fourth-order valence-electron chi connectivity index (χ4n) is 3.56. The highest BCUT2D eigenvalue weighted by atomic mass is 35.5. The molecule has 1 atom stereocenters. The molecule has 32 heavy (non-hydrogen) atoms. The Labute approximate surface area is 188 Å². The smallest absolute Gasteiger partial charge is 0.406 e. The summed E-state index contributed by atoms with van der Waals surface area (Å²) in [5.74, 6) is -2.45. The Hall–Kier alpha value is -3.24. The van der Waals surface area contributed by atoms with Crippen LogP contribution in [0, 0.1) is 0 Å². The number of nitrogens with zero attached hydrogens (tertiary/aromatic N) is 1. The lowest BCUT2D eigenvalue weighted by Crippen LogP contribution is -2.52. The Morgan fingerprint density at radius 1 is 1.06 bits per heavy atom. The zero-order valence-corrected chi connectivity index (χ0v) is 17.3. The van der Waals surface area contributed by atoms with Crippen LogP contribution in [0.5, 0.6) is 5.75 Å². The predicted molar refractivity (Wildman–Crippen MR) is 109 cm³/mol. The zero-order valence-electron chi connectivity index (χ0n) is 15.8. The van der Waals surface area contributed by atoms with Crippen LogP contribution in [0.2, 0.25) is 10.0 Å². The van der Waals surface area contributed by atoms with Gasteiger partial charge in [0, 0.05) is 12.1 Å². The van der Waals surface area contributed by atoms with Gasteiger partial charge in [0.1, 0.15) is 5.75 Å². The molecular formula is C20H12Cl2F3N3O4. The normalized spacial score (nSPS) is 20.2. The number of benzene rings is 2. The summed E-state index contributed by atoms with van der Waals surface area (Å²) in [6.07, 6.45) is -1.74. The minimum Gasteiger partial charge on any atom is -0.406 e. The van der Waals surface area contributed by atoms with Crippen molar-refractivity contribution in [3.63, 3.8) is 0 Å². The van der Waals surface area contributed by atoms with E-state index in [1.54, 1.807) is 30.4 Å². The maximum atomic E-state index is 13.2. The van der Waals surface area contributed by atoms with Gasteiger partial charge in [-0.2, -0.15) is 0 Å². The van der Waals surface area contributed by atoms with Crippen LogP contribution in [-0.4, -0.2) is 30.8 Å². The van der Waals surface area contributed by atoms with Crippen molar-refractivity contribution in [2.45, 2.75) is 11.9 Å². The van der Waals surface area contributed by atoms with Gasteiger partial charge in [-0.1, -0.05) is 41.4 Å². The van der Waals surface area contributed by atoms with E-state index in [1.807, 2.05) is 5.32 Å². The van der Waals surface area contributed by atoms with Gasteiger partial charge in [-0.15, -0.1) is 13.2 Å². The Morgan fingerprint density at radius 3 is 2.44 bits per heavy atom. The minimum absolute atomic E-state index is 0.0452. The van der Waals surface area contributed by atoms with E-state index in [-0.39, 0.29) is 17.8 Å². The molecule has 0 radical (unpaired) electrons. The number of amides is 4. The summed E-state index contributed by atoms with van der Waals surface area (Å²) in [7, 11) is 0. The number of imide groups is 1. The maximum absolute atomic E-state index is 13.2. The third-order valence-corrected chi connectivity index (χ3v) is 5.61. The average Bonchev–Trinajstić information content (AvgIpc) is 3.12. The van der Waals surface area contributed by atoms with Crippen molar-refractivity contribution >= 4 is 52.8 Å². The molecule has 166 valence electrons. The number of fused-ring (bicyclic) bond motifs is 2. The van der Waals surface area contributed by atoms with Crippen LogP contribution in [0.3, 0.4) is 0 Å². The third-order valence-electron chi connectivity index (χ3n) is 4.87. The van der Waals surface area contributed by atoms with Crippen molar-refractivity contribution in [2.24, 2.45) is 0 Å². The van der Waals surface area contributed by atoms with E-state index >= 15 is 0 Å². The number of nitrogens with one attached hydrogen (secondary N) is 2. The van der Waals surface area contributed by atoms with Gasteiger partial charge in [0.15, 0.2) is 0 Å². The standard InChI is InChI=1S/C20H12Cl2F3N3O4/c21-13-5-3-10(8-14(13)22)2-1-7-28-15-6-4-11(32-20(23,24)25)9-12(15)19(17(28)30)16(29)26-18(31)27-19/h1-6,8-9H,7H2,(H2,26,27,29,31)/b2-1+. The number of ether oxygens (including phenoxy) is 1. The number of urea groups is 1. The topological polar surface area (TPSA) is 87.7 Å². The largest absolute Gasteiger partial charge is 0.573 e. The number of halogens is 5. The van der Waals surface area contributed by atoms with Crippen LogP contribution in [0.1, 0.15) is 11.1 Å². The maximum Gasteiger partial charge on any atom is 0.573 e. The molecule has 4 amide bonds. The van der Waals surface area contributed by atoms with Gasteiger partial charge in [0.25, 0.3) is 11.8 Å². The summed E-state index contributed by atoms with van der Waals surface area (Å²) >= 11 is 11.9.